The first-order valence-corrected chi connectivity index (χ1v) is 11.6. The number of nitrogens with zero attached hydrogens (tertiary/aromatic N) is 3. The number of amides is 1. The van der Waals surface area contributed by atoms with E-state index in [1.807, 2.05) is 60.7 Å². The van der Waals surface area contributed by atoms with Crippen LogP contribution in [0.5, 0.6) is 0 Å². The van der Waals surface area contributed by atoms with Crippen LogP contribution >= 0.6 is 27.5 Å². The van der Waals surface area contributed by atoms with Crippen LogP contribution in [0.4, 0.5) is 5.82 Å². The zero-order chi connectivity index (χ0) is 22.3. The average molecular weight is 513 g/mol. The SMILES string of the molecule is O=C(CCc1ccccc1)NCCCNc1cc(-c2ccccc2Cl)nc2c(Br)cnn12. The lowest BCUT2D eigenvalue weighted by Gasteiger charge is -2.12. The van der Waals surface area contributed by atoms with Crippen LogP contribution in [0.1, 0.15) is 18.4 Å². The van der Waals surface area contributed by atoms with Crippen molar-refractivity contribution in [1.82, 2.24) is 19.9 Å². The third kappa shape index (κ3) is 5.47. The van der Waals surface area contributed by atoms with E-state index >= 15 is 0 Å². The standard InChI is InChI=1S/C24H23BrClN5O/c25-19-16-29-31-22(15-21(30-24(19)31)18-9-4-5-10-20(18)26)27-13-6-14-28-23(32)12-11-17-7-2-1-3-8-17/h1-5,7-10,15-16,27H,6,11-14H2,(H,28,32). The van der Waals surface area contributed by atoms with E-state index in [-0.39, 0.29) is 5.91 Å². The minimum atomic E-state index is 0.0668. The number of carbonyl (C=O) groups excluding carboxylic acids is 1. The third-order valence-electron chi connectivity index (χ3n) is 5.04. The molecule has 0 saturated heterocycles. The minimum Gasteiger partial charge on any atom is -0.370 e. The largest absolute Gasteiger partial charge is 0.370 e. The Balaban J connectivity index is 1.34. The Morgan fingerprint density at radius 3 is 2.66 bits per heavy atom. The molecule has 6 nitrogen and oxygen atoms in total. The number of nitrogens with one attached hydrogen (secondary N) is 2. The highest BCUT2D eigenvalue weighted by atomic mass is 79.9. The van der Waals surface area contributed by atoms with Gasteiger partial charge in [-0.05, 0) is 40.4 Å². The van der Waals surface area contributed by atoms with Crippen LogP contribution in [0.3, 0.4) is 0 Å². The second kappa shape index (κ2) is 10.6. The highest BCUT2D eigenvalue weighted by Crippen LogP contribution is 2.30. The molecule has 8 heteroatoms. The highest BCUT2D eigenvalue weighted by Gasteiger charge is 2.13. The molecule has 4 rings (SSSR count). The monoisotopic (exact) mass is 511 g/mol. The molecular formula is C24H23BrClN5O. The summed E-state index contributed by atoms with van der Waals surface area (Å²) in [5, 5.41) is 11.4. The van der Waals surface area contributed by atoms with Crippen molar-refractivity contribution in [2.24, 2.45) is 0 Å². The molecule has 2 heterocycles. The first kappa shape index (κ1) is 22.3. The van der Waals surface area contributed by atoms with Gasteiger partial charge in [-0.15, -0.1) is 0 Å². The van der Waals surface area contributed by atoms with Crippen molar-refractivity contribution in [3.05, 3.63) is 81.9 Å². The Labute approximate surface area is 200 Å². The average Bonchev–Trinajstić information content (AvgIpc) is 3.19. The second-order valence-electron chi connectivity index (χ2n) is 7.35. The van der Waals surface area contributed by atoms with Crippen molar-refractivity contribution in [3.63, 3.8) is 0 Å². The van der Waals surface area contributed by atoms with Gasteiger partial charge in [-0.2, -0.15) is 9.61 Å². The normalized spacial score (nSPS) is 10.9. The van der Waals surface area contributed by atoms with E-state index in [1.54, 1.807) is 10.7 Å². The zero-order valence-electron chi connectivity index (χ0n) is 17.4. The number of rotatable bonds is 9. The van der Waals surface area contributed by atoms with E-state index in [2.05, 4.69) is 31.7 Å². The fourth-order valence-electron chi connectivity index (χ4n) is 3.39. The van der Waals surface area contributed by atoms with Gasteiger partial charge in [0, 0.05) is 36.2 Å². The molecule has 0 atom stereocenters. The summed E-state index contributed by atoms with van der Waals surface area (Å²) in [5.74, 6) is 0.878. The molecule has 0 radical (unpaired) electrons. The lowest BCUT2D eigenvalue weighted by Crippen LogP contribution is -2.26. The molecule has 32 heavy (non-hydrogen) atoms. The number of aromatic nitrogens is 3. The lowest BCUT2D eigenvalue weighted by molar-refractivity contribution is -0.121. The molecule has 0 aliphatic heterocycles. The summed E-state index contributed by atoms with van der Waals surface area (Å²) in [4.78, 5) is 16.8. The van der Waals surface area contributed by atoms with Crippen molar-refractivity contribution in [3.8, 4) is 11.3 Å². The van der Waals surface area contributed by atoms with Crippen molar-refractivity contribution in [1.29, 1.82) is 0 Å². The molecule has 2 aromatic heterocycles. The molecule has 0 saturated carbocycles. The van der Waals surface area contributed by atoms with Gasteiger partial charge in [-0.25, -0.2) is 4.98 Å². The van der Waals surface area contributed by atoms with E-state index in [0.29, 0.717) is 30.2 Å². The summed E-state index contributed by atoms with van der Waals surface area (Å²) in [5.41, 5.74) is 3.50. The predicted octanol–water partition coefficient (Wildman–Crippen LogP) is 5.36. The Morgan fingerprint density at radius 2 is 1.84 bits per heavy atom. The summed E-state index contributed by atoms with van der Waals surface area (Å²) in [6, 6.07) is 19.6. The van der Waals surface area contributed by atoms with Gasteiger partial charge < -0.3 is 10.6 Å². The van der Waals surface area contributed by atoms with Gasteiger partial charge in [-0.1, -0.05) is 60.1 Å². The number of hydrogen-bond acceptors (Lipinski definition) is 4. The maximum absolute atomic E-state index is 12.1. The summed E-state index contributed by atoms with van der Waals surface area (Å²) >= 11 is 9.89. The van der Waals surface area contributed by atoms with Gasteiger partial charge in [0.1, 0.15) is 5.82 Å². The Morgan fingerprint density at radius 1 is 1.06 bits per heavy atom. The van der Waals surface area contributed by atoms with Crippen molar-refractivity contribution in [2.75, 3.05) is 18.4 Å². The van der Waals surface area contributed by atoms with Crippen LogP contribution in [0, 0.1) is 0 Å². The Bertz CT molecular complexity index is 1210. The molecule has 4 aromatic rings. The molecule has 2 aromatic carbocycles. The van der Waals surface area contributed by atoms with Gasteiger partial charge in [0.2, 0.25) is 5.91 Å². The summed E-state index contributed by atoms with van der Waals surface area (Å²) in [6.45, 7) is 1.28. The summed E-state index contributed by atoms with van der Waals surface area (Å²) in [7, 11) is 0. The number of hydrogen-bond donors (Lipinski definition) is 2. The second-order valence-corrected chi connectivity index (χ2v) is 8.61. The minimum absolute atomic E-state index is 0.0668. The molecule has 0 unspecified atom stereocenters. The van der Waals surface area contributed by atoms with E-state index in [0.717, 1.165) is 34.4 Å². The maximum atomic E-state index is 12.1. The van der Waals surface area contributed by atoms with Crippen molar-refractivity contribution in [2.45, 2.75) is 19.3 Å². The number of fused-ring (bicyclic) bond motifs is 1. The molecule has 0 fully saturated rings. The van der Waals surface area contributed by atoms with Crippen molar-refractivity contribution >= 4 is 44.9 Å². The summed E-state index contributed by atoms with van der Waals surface area (Å²) in [6.07, 6.45) is 3.74. The van der Waals surface area contributed by atoms with Gasteiger partial charge in [-0.3, -0.25) is 4.79 Å². The van der Waals surface area contributed by atoms with Crippen LogP contribution in [0.25, 0.3) is 16.9 Å². The third-order valence-corrected chi connectivity index (χ3v) is 5.93. The Kier molecular flexibility index (Phi) is 7.39. The summed E-state index contributed by atoms with van der Waals surface area (Å²) < 4.78 is 2.56. The van der Waals surface area contributed by atoms with Gasteiger partial charge in [0.15, 0.2) is 5.65 Å². The number of halogens is 2. The van der Waals surface area contributed by atoms with E-state index < -0.39 is 0 Å². The molecular weight excluding hydrogens is 490 g/mol. The molecule has 0 bridgehead atoms. The number of aryl methyl sites for hydroxylation is 1. The van der Waals surface area contributed by atoms with Gasteiger partial charge in [0.25, 0.3) is 0 Å². The zero-order valence-corrected chi connectivity index (χ0v) is 19.7. The van der Waals surface area contributed by atoms with E-state index in [9.17, 15) is 4.79 Å². The molecule has 0 aliphatic carbocycles. The maximum Gasteiger partial charge on any atom is 0.220 e. The topological polar surface area (TPSA) is 71.3 Å². The molecule has 1 amide bonds. The highest BCUT2D eigenvalue weighted by molar-refractivity contribution is 9.10. The molecule has 0 aliphatic rings. The Hall–Kier alpha value is -2.90. The van der Waals surface area contributed by atoms with Crippen LogP contribution in [-0.2, 0) is 11.2 Å². The van der Waals surface area contributed by atoms with Gasteiger partial charge >= 0.3 is 0 Å². The lowest BCUT2D eigenvalue weighted by atomic mass is 10.1. The van der Waals surface area contributed by atoms with E-state index in [1.165, 1.54) is 5.56 Å². The van der Waals surface area contributed by atoms with Crippen LogP contribution in [-0.4, -0.2) is 33.6 Å². The molecule has 2 N–H and O–H groups in total. The quantitative estimate of drug-likeness (QED) is 0.296. The van der Waals surface area contributed by atoms with Crippen LogP contribution in [0.2, 0.25) is 5.02 Å². The molecule has 0 spiro atoms. The first-order valence-electron chi connectivity index (χ1n) is 10.5. The fraction of sp³-hybridized carbons (Fsp3) is 0.208. The number of anilines is 1. The van der Waals surface area contributed by atoms with Crippen LogP contribution < -0.4 is 10.6 Å². The first-order chi connectivity index (χ1) is 15.6. The van der Waals surface area contributed by atoms with Crippen molar-refractivity contribution < 1.29 is 4.79 Å². The smallest absolute Gasteiger partial charge is 0.220 e. The number of benzene rings is 2. The fourth-order valence-corrected chi connectivity index (χ4v) is 3.97. The van der Waals surface area contributed by atoms with Crippen LogP contribution in [0.15, 0.2) is 71.3 Å². The van der Waals surface area contributed by atoms with E-state index in [4.69, 9.17) is 16.6 Å². The molecule has 164 valence electrons. The number of carbonyl (C=O) groups is 1. The van der Waals surface area contributed by atoms with Gasteiger partial charge in [0.05, 0.1) is 16.4 Å². The predicted molar refractivity (Wildman–Crippen MR) is 132 cm³/mol.